The van der Waals surface area contributed by atoms with Crippen LogP contribution in [0, 0.1) is 5.92 Å². The molecule has 0 aliphatic carbocycles. The number of amides is 1. The lowest BCUT2D eigenvalue weighted by Gasteiger charge is -2.26. The normalized spacial score (nSPS) is 12.4. The van der Waals surface area contributed by atoms with Crippen LogP contribution in [0.4, 0.5) is 0 Å². The van der Waals surface area contributed by atoms with Crippen molar-refractivity contribution in [1.82, 2.24) is 4.90 Å². The lowest BCUT2D eigenvalue weighted by Crippen LogP contribution is -2.37. The van der Waals surface area contributed by atoms with E-state index in [-0.39, 0.29) is 17.9 Å². The van der Waals surface area contributed by atoms with Gasteiger partial charge in [0.15, 0.2) is 0 Å². The quantitative estimate of drug-likeness (QED) is 0.845. The van der Waals surface area contributed by atoms with Gasteiger partial charge in [-0.2, -0.15) is 0 Å². The Balaban J connectivity index is 2.19. The Morgan fingerprint density at radius 3 is 1.83 bits per heavy atom. The average Bonchev–Trinajstić information content (AvgIpc) is 2.61. The number of carbonyl (C=O) groups is 1. The molecule has 0 radical (unpaired) electrons. The van der Waals surface area contributed by atoms with Crippen LogP contribution >= 0.6 is 0 Å². The smallest absolute Gasteiger partial charge is 0.234 e. The summed E-state index contributed by atoms with van der Waals surface area (Å²) < 4.78 is 0. The molecule has 0 aliphatic heterocycles. The Morgan fingerprint density at radius 1 is 0.958 bits per heavy atom. The van der Waals surface area contributed by atoms with E-state index >= 15 is 0 Å². The summed E-state index contributed by atoms with van der Waals surface area (Å²) in [6.45, 7) is 4.90. The van der Waals surface area contributed by atoms with Crippen LogP contribution in [0.25, 0.3) is 0 Å². The van der Waals surface area contributed by atoms with Crippen molar-refractivity contribution in [1.29, 1.82) is 0 Å². The second-order valence-corrected chi connectivity index (χ2v) is 6.71. The van der Waals surface area contributed by atoms with Crippen molar-refractivity contribution in [2.45, 2.75) is 32.2 Å². The maximum absolute atomic E-state index is 13.1. The molecule has 0 bridgehead atoms. The molecule has 2 aromatic carbocycles. The van der Waals surface area contributed by atoms with Crippen LogP contribution in [-0.4, -0.2) is 30.4 Å². The van der Waals surface area contributed by atoms with Gasteiger partial charge in [0.05, 0.1) is 5.92 Å². The third-order valence-corrected chi connectivity index (χ3v) is 4.54. The predicted molar refractivity (Wildman–Crippen MR) is 99.8 cm³/mol. The maximum Gasteiger partial charge on any atom is 0.234 e. The number of benzene rings is 2. The van der Waals surface area contributed by atoms with Gasteiger partial charge in [-0.3, -0.25) is 4.79 Å². The monoisotopic (exact) mass is 324 g/mol. The van der Waals surface area contributed by atoms with Gasteiger partial charge in [-0.25, -0.2) is 0 Å². The molecule has 2 N–H and O–H groups in total. The number of hydrogen-bond donors (Lipinski definition) is 1. The predicted octanol–water partition coefficient (Wildman–Crippen LogP) is 3.65. The molecule has 0 aliphatic rings. The zero-order valence-electron chi connectivity index (χ0n) is 14.9. The van der Waals surface area contributed by atoms with Gasteiger partial charge < -0.3 is 10.6 Å². The molecular formula is C21H28N2O. The van der Waals surface area contributed by atoms with Crippen LogP contribution in [-0.2, 0) is 4.79 Å². The molecule has 3 heteroatoms. The molecular weight excluding hydrogens is 296 g/mol. The van der Waals surface area contributed by atoms with Crippen LogP contribution in [0.15, 0.2) is 60.7 Å². The highest BCUT2D eigenvalue weighted by Gasteiger charge is 2.25. The first kappa shape index (κ1) is 18.2. The standard InChI is InChI=1S/C21H28N2O/c1-16(2)19(22)14-15-23(3)21(24)20(17-10-6-4-7-11-17)18-12-8-5-9-13-18/h4-13,16,19-20H,14-15,22H2,1-3H3. The van der Waals surface area contributed by atoms with E-state index in [1.54, 1.807) is 0 Å². The Hall–Kier alpha value is -2.13. The maximum atomic E-state index is 13.1. The third-order valence-electron chi connectivity index (χ3n) is 4.54. The highest BCUT2D eigenvalue weighted by Crippen LogP contribution is 2.26. The third kappa shape index (κ3) is 4.68. The molecule has 0 saturated carbocycles. The minimum Gasteiger partial charge on any atom is -0.345 e. The van der Waals surface area contributed by atoms with Gasteiger partial charge in [-0.05, 0) is 23.5 Å². The minimum atomic E-state index is -0.271. The second-order valence-electron chi connectivity index (χ2n) is 6.71. The summed E-state index contributed by atoms with van der Waals surface area (Å²) >= 11 is 0. The van der Waals surface area contributed by atoms with Crippen molar-refractivity contribution in [2.75, 3.05) is 13.6 Å². The molecule has 24 heavy (non-hydrogen) atoms. The molecule has 1 unspecified atom stereocenters. The fourth-order valence-electron chi connectivity index (χ4n) is 2.78. The van der Waals surface area contributed by atoms with E-state index in [0.29, 0.717) is 12.5 Å². The highest BCUT2D eigenvalue weighted by molar-refractivity contribution is 5.87. The van der Waals surface area contributed by atoms with Crippen LogP contribution in [0.3, 0.4) is 0 Å². The number of likely N-dealkylation sites (N-methyl/N-ethyl adjacent to an activating group) is 1. The van der Waals surface area contributed by atoms with E-state index < -0.39 is 0 Å². The molecule has 0 heterocycles. The van der Waals surface area contributed by atoms with Gasteiger partial charge in [-0.1, -0.05) is 74.5 Å². The molecule has 0 fully saturated rings. The molecule has 0 saturated heterocycles. The van der Waals surface area contributed by atoms with Crippen molar-refractivity contribution in [3.05, 3.63) is 71.8 Å². The summed E-state index contributed by atoms with van der Waals surface area (Å²) in [6.07, 6.45) is 0.816. The molecule has 0 spiro atoms. The molecule has 2 aromatic rings. The topological polar surface area (TPSA) is 46.3 Å². The molecule has 128 valence electrons. The summed E-state index contributed by atoms with van der Waals surface area (Å²) in [6, 6.07) is 20.1. The number of rotatable bonds is 7. The largest absolute Gasteiger partial charge is 0.345 e. The van der Waals surface area contributed by atoms with Gasteiger partial charge in [0, 0.05) is 19.6 Å². The fourth-order valence-corrected chi connectivity index (χ4v) is 2.78. The first-order chi connectivity index (χ1) is 11.5. The van der Waals surface area contributed by atoms with E-state index in [9.17, 15) is 4.79 Å². The van der Waals surface area contributed by atoms with E-state index in [4.69, 9.17) is 5.73 Å². The number of hydrogen-bond acceptors (Lipinski definition) is 2. The number of carbonyl (C=O) groups excluding carboxylic acids is 1. The van der Waals surface area contributed by atoms with E-state index in [0.717, 1.165) is 17.5 Å². The number of nitrogens with two attached hydrogens (primary N) is 1. The fraction of sp³-hybridized carbons (Fsp3) is 0.381. The summed E-state index contributed by atoms with van der Waals surface area (Å²) in [7, 11) is 1.87. The Kier molecular flexibility index (Phi) is 6.56. The summed E-state index contributed by atoms with van der Waals surface area (Å²) in [5, 5.41) is 0. The molecule has 3 nitrogen and oxygen atoms in total. The first-order valence-electron chi connectivity index (χ1n) is 8.61. The first-order valence-corrected chi connectivity index (χ1v) is 8.61. The summed E-state index contributed by atoms with van der Waals surface area (Å²) in [5.74, 6) is 0.267. The molecule has 1 amide bonds. The molecule has 1 atom stereocenters. The van der Waals surface area contributed by atoms with E-state index in [2.05, 4.69) is 13.8 Å². The lowest BCUT2D eigenvalue weighted by atomic mass is 9.90. The van der Waals surface area contributed by atoms with Crippen molar-refractivity contribution >= 4 is 5.91 Å². The van der Waals surface area contributed by atoms with Gasteiger partial charge in [0.2, 0.25) is 5.91 Å². The summed E-state index contributed by atoms with van der Waals surface area (Å²) in [5.41, 5.74) is 8.17. The van der Waals surface area contributed by atoms with Gasteiger partial charge in [-0.15, -0.1) is 0 Å². The van der Waals surface area contributed by atoms with Crippen LogP contribution in [0.2, 0.25) is 0 Å². The Bertz CT molecular complexity index is 585. The number of nitrogens with zero attached hydrogens (tertiary/aromatic N) is 1. The Labute approximate surface area is 145 Å². The molecule has 0 aromatic heterocycles. The van der Waals surface area contributed by atoms with Gasteiger partial charge >= 0.3 is 0 Å². The SMILES string of the molecule is CC(C)C(N)CCN(C)C(=O)C(c1ccccc1)c1ccccc1. The van der Waals surface area contributed by atoms with Gasteiger partial charge in [0.25, 0.3) is 0 Å². The second kappa shape index (κ2) is 8.65. The summed E-state index contributed by atoms with van der Waals surface area (Å²) in [4.78, 5) is 14.9. The van der Waals surface area contributed by atoms with Crippen LogP contribution in [0.5, 0.6) is 0 Å². The highest BCUT2D eigenvalue weighted by atomic mass is 16.2. The van der Waals surface area contributed by atoms with Crippen molar-refractivity contribution in [3.8, 4) is 0 Å². The van der Waals surface area contributed by atoms with Crippen molar-refractivity contribution in [2.24, 2.45) is 11.7 Å². The zero-order chi connectivity index (χ0) is 17.5. The minimum absolute atomic E-state index is 0.114. The van der Waals surface area contributed by atoms with E-state index in [1.807, 2.05) is 72.6 Å². The van der Waals surface area contributed by atoms with Gasteiger partial charge in [0.1, 0.15) is 0 Å². The zero-order valence-corrected chi connectivity index (χ0v) is 14.9. The van der Waals surface area contributed by atoms with Crippen molar-refractivity contribution in [3.63, 3.8) is 0 Å². The van der Waals surface area contributed by atoms with Crippen molar-refractivity contribution < 1.29 is 4.79 Å². The van der Waals surface area contributed by atoms with Crippen LogP contribution < -0.4 is 5.73 Å². The lowest BCUT2D eigenvalue weighted by molar-refractivity contribution is -0.130. The van der Waals surface area contributed by atoms with E-state index in [1.165, 1.54) is 0 Å². The molecule has 2 rings (SSSR count). The van der Waals surface area contributed by atoms with Crippen LogP contribution in [0.1, 0.15) is 37.3 Å². The average molecular weight is 324 g/mol. The Morgan fingerprint density at radius 2 is 1.42 bits per heavy atom.